The number of benzene rings is 2. The highest BCUT2D eigenvalue weighted by molar-refractivity contribution is 14.1. The Bertz CT molecular complexity index is 1100. The van der Waals surface area contributed by atoms with E-state index in [1.165, 1.54) is 30.3 Å². The topological polar surface area (TPSA) is 66.2 Å². The van der Waals surface area contributed by atoms with Gasteiger partial charge in [0.1, 0.15) is 21.9 Å². The second-order valence-corrected chi connectivity index (χ2v) is 8.12. The SMILES string of the molecule is Clc1cc(I)ccn1.Fc1cccc(-c2ccnc(Cl)c2)c1.OB(O)c1cccc(F)c1. The van der Waals surface area contributed by atoms with E-state index in [-0.39, 0.29) is 11.3 Å². The Hall–Kier alpha value is -2.11. The lowest BCUT2D eigenvalue weighted by molar-refractivity contribution is 0.425. The molecule has 2 N–H and O–H groups in total. The molecule has 0 atom stereocenters. The van der Waals surface area contributed by atoms with Crippen molar-refractivity contribution in [1.82, 2.24) is 9.97 Å². The van der Waals surface area contributed by atoms with Crippen LogP contribution < -0.4 is 5.46 Å². The zero-order chi connectivity index (χ0) is 23.5. The van der Waals surface area contributed by atoms with E-state index < -0.39 is 12.9 Å². The van der Waals surface area contributed by atoms with Gasteiger partial charge in [-0.1, -0.05) is 47.5 Å². The Balaban J connectivity index is 0.000000178. The molecule has 4 aromatic rings. The van der Waals surface area contributed by atoms with Gasteiger partial charge in [-0.05, 0) is 87.7 Å². The molecule has 0 fully saturated rings. The summed E-state index contributed by atoms with van der Waals surface area (Å²) in [4.78, 5) is 7.66. The van der Waals surface area contributed by atoms with Gasteiger partial charge in [-0.2, -0.15) is 0 Å². The summed E-state index contributed by atoms with van der Waals surface area (Å²) >= 11 is 13.4. The smallest absolute Gasteiger partial charge is 0.423 e. The number of nitrogens with zero attached hydrogens (tertiary/aromatic N) is 2. The van der Waals surface area contributed by atoms with Crippen LogP contribution in [0.4, 0.5) is 8.78 Å². The van der Waals surface area contributed by atoms with Crippen molar-refractivity contribution in [2.75, 3.05) is 0 Å². The molecule has 0 bridgehead atoms. The van der Waals surface area contributed by atoms with Crippen LogP contribution in [0.2, 0.25) is 10.3 Å². The normalized spacial score (nSPS) is 9.72. The Morgan fingerprint density at radius 1 is 0.719 bits per heavy atom. The highest BCUT2D eigenvalue weighted by atomic mass is 127. The number of hydrogen-bond donors (Lipinski definition) is 2. The number of hydrogen-bond acceptors (Lipinski definition) is 4. The average Bonchev–Trinajstić information content (AvgIpc) is 2.74. The van der Waals surface area contributed by atoms with Gasteiger partial charge >= 0.3 is 7.12 Å². The van der Waals surface area contributed by atoms with Gasteiger partial charge in [0.2, 0.25) is 0 Å². The Morgan fingerprint density at radius 3 is 1.75 bits per heavy atom. The highest BCUT2D eigenvalue weighted by Gasteiger charge is 2.09. The molecule has 0 amide bonds. The summed E-state index contributed by atoms with van der Waals surface area (Å²) in [6.07, 6.45) is 3.28. The molecule has 164 valence electrons. The summed E-state index contributed by atoms with van der Waals surface area (Å²) in [6, 6.07) is 18.7. The van der Waals surface area contributed by atoms with Crippen LogP contribution in [0.15, 0.2) is 85.2 Å². The van der Waals surface area contributed by atoms with E-state index >= 15 is 0 Å². The summed E-state index contributed by atoms with van der Waals surface area (Å²) in [5.74, 6) is -0.721. The van der Waals surface area contributed by atoms with E-state index in [1.54, 1.807) is 30.6 Å². The summed E-state index contributed by atoms with van der Waals surface area (Å²) < 4.78 is 26.3. The van der Waals surface area contributed by atoms with Gasteiger partial charge in [-0.15, -0.1) is 0 Å². The molecular weight excluding hydrogens is 571 g/mol. The molecule has 32 heavy (non-hydrogen) atoms. The summed E-state index contributed by atoms with van der Waals surface area (Å²) in [5, 5.41) is 18.0. The van der Waals surface area contributed by atoms with Crippen molar-refractivity contribution in [3.8, 4) is 11.1 Å². The molecule has 4 rings (SSSR count). The van der Waals surface area contributed by atoms with Gasteiger partial charge in [0.15, 0.2) is 0 Å². The fraction of sp³-hybridized carbons (Fsp3) is 0. The fourth-order valence-electron chi connectivity index (χ4n) is 2.30. The molecule has 0 unspecified atom stereocenters. The Kier molecular flexibility index (Phi) is 11.0. The lowest BCUT2D eigenvalue weighted by Gasteiger charge is -2.01. The zero-order valence-corrected chi connectivity index (χ0v) is 20.0. The largest absolute Gasteiger partial charge is 0.488 e. The predicted molar refractivity (Wildman–Crippen MR) is 133 cm³/mol. The van der Waals surface area contributed by atoms with Crippen molar-refractivity contribution in [2.45, 2.75) is 0 Å². The summed E-state index contributed by atoms with van der Waals surface area (Å²) in [5.41, 5.74) is 1.83. The van der Waals surface area contributed by atoms with E-state index in [9.17, 15) is 8.78 Å². The number of aromatic nitrogens is 2. The fourth-order valence-corrected chi connectivity index (χ4v) is 3.28. The third-order valence-electron chi connectivity index (χ3n) is 3.72. The maximum absolute atomic E-state index is 12.9. The summed E-state index contributed by atoms with van der Waals surface area (Å²) in [7, 11) is -1.59. The van der Waals surface area contributed by atoms with Crippen molar-refractivity contribution in [1.29, 1.82) is 0 Å². The van der Waals surface area contributed by atoms with Crippen molar-refractivity contribution in [3.63, 3.8) is 0 Å². The monoisotopic (exact) mass is 586 g/mol. The molecule has 0 radical (unpaired) electrons. The quantitative estimate of drug-likeness (QED) is 0.188. The van der Waals surface area contributed by atoms with Crippen LogP contribution in [0.3, 0.4) is 0 Å². The molecule has 0 aliphatic carbocycles. The van der Waals surface area contributed by atoms with Gasteiger partial charge in [-0.3, -0.25) is 0 Å². The minimum Gasteiger partial charge on any atom is -0.423 e. The molecule has 4 nitrogen and oxygen atoms in total. The first-order valence-corrected chi connectivity index (χ1v) is 10.8. The van der Waals surface area contributed by atoms with Gasteiger partial charge in [-0.25, -0.2) is 18.7 Å². The van der Waals surface area contributed by atoms with Gasteiger partial charge in [0.05, 0.1) is 0 Å². The van der Waals surface area contributed by atoms with E-state index in [0.29, 0.717) is 10.3 Å². The van der Waals surface area contributed by atoms with Crippen LogP contribution in [-0.4, -0.2) is 27.1 Å². The molecule has 2 heterocycles. The van der Waals surface area contributed by atoms with Crippen molar-refractivity contribution in [2.24, 2.45) is 0 Å². The van der Waals surface area contributed by atoms with Gasteiger partial charge < -0.3 is 10.0 Å². The molecule has 0 saturated heterocycles. The van der Waals surface area contributed by atoms with Crippen LogP contribution in [-0.2, 0) is 0 Å². The van der Waals surface area contributed by atoms with Gasteiger partial charge in [0, 0.05) is 16.0 Å². The van der Waals surface area contributed by atoms with Crippen LogP contribution in [0.1, 0.15) is 0 Å². The number of rotatable bonds is 2. The van der Waals surface area contributed by atoms with E-state index in [2.05, 4.69) is 32.6 Å². The number of halogens is 5. The first kappa shape index (κ1) is 26.1. The van der Waals surface area contributed by atoms with Crippen molar-refractivity contribution < 1.29 is 18.8 Å². The molecule has 10 heteroatoms. The second kappa shape index (κ2) is 13.4. The first-order chi connectivity index (χ1) is 15.2. The van der Waals surface area contributed by atoms with Crippen molar-refractivity contribution in [3.05, 3.63) is 111 Å². The minimum absolute atomic E-state index is 0.167. The predicted octanol–water partition coefficient (Wildman–Crippen LogP) is 5.39. The van der Waals surface area contributed by atoms with Gasteiger partial charge in [0.25, 0.3) is 0 Å². The van der Waals surface area contributed by atoms with E-state index in [1.807, 2.05) is 18.2 Å². The molecule has 0 aliphatic rings. The third-order valence-corrected chi connectivity index (χ3v) is 4.80. The lowest BCUT2D eigenvalue weighted by atomic mass is 9.80. The number of pyridine rings is 2. The van der Waals surface area contributed by atoms with Crippen molar-refractivity contribution >= 4 is 58.4 Å². The van der Waals surface area contributed by atoms with Crippen LogP contribution in [0.5, 0.6) is 0 Å². The first-order valence-electron chi connectivity index (χ1n) is 9.01. The molecular formula is C22H16BCl2F2IN2O2. The maximum atomic E-state index is 12.9. The molecule has 0 aliphatic heterocycles. The zero-order valence-electron chi connectivity index (χ0n) is 16.3. The molecule has 2 aromatic heterocycles. The second-order valence-electron chi connectivity index (χ2n) is 6.10. The molecule has 0 spiro atoms. The Morgan fingerprint density at radius 2 is 1.28 bits per heavy atom. The molecule has 2 aromatic carbocycles. The third kappa shape index (κ3) is 9.58. The summed E-state index contributed by atoms with van der Waals surface area (Å²) in [6.45, 7) is 0. The van der Waals surface area contributed by atoms with Crippen LogP contribution in [0, 0.1) is 15.2 Å². The van der Waals surface area contributed by atoms with E-state index in [4.69, 9.17) is 33.2 Å². The van der Waals surface area contributed by atoms with Crippen LogP contribution in [0.25, 0.3) is 11.1 Å². The van der Waals surface area contributed by atoms with E-state index in [0.717, 1.165) is 20.8 Å². The highest BCUT2D eigenvalue weighted by Crippen LogP contribution is 2.21. The maximum Gasteiger partial charge on any atom is 0.488 e. The average molecular weight is 587 g/mol. The minimum atomic E-state index is -1.59. The Labute approximate surface area is 208 Å². The van der Waals surface area contributed by atoms with Crippen LogP contribution >= 0.6 is 45.8 Å². The molecule has 0 saturated carbocycles. The lowest BCUT2D eigenvalue weighted by Crippen LogP contribution is -2.29. The standard InChI is InChI=1S/C11H7ClFN.C6H6BFO2.C5H3ClIN/c12-11-7-9(4-5-14-11)8-2-1-3-10(13)6-8;8-6-3-1-2-5(4-6)7(9)10;6-5-3-4(7)1-2-8-5/h1-7H;1-4,9-10H;1-3H.